The third kappa shape index (κ3) is 6.39. The predicted octanol–water partition coefficient (Wildman–Crippen LogP) is 4.99. The summed E-state index contributed by atoms with van der Waals surface area (Å²) in [6.45, 7) is -0.216. The van der Waals surface area contributed by atoms with Crippen molar-refractivity contribution in [3.63, 3.8) is 0 Å². The van der Waals surface area contributed by atoms with Gasteiger partial charge in [0.2, 0.25) is 0 Å². The van der Waals surface area contributed by atoms with Gasteiger partial charge in [0.25, 0.3) is 11.6 Å². The summed E-state index contributed by atoms with van der Waals surface area (Å²) < 4.78 is 21.4. The van der Waals surface area contributed by atoms with Crippen molar-refractivity contribution in [2.45, 2.75) is 6.61 Å². The van der Waals surface area contributed by atoms with Crippen molar-refractivity contribution >= 4 is 58.3 Å². The van der Waals surface area contributed by atoms with Crippen molar-refractivity contribution in [3.8, 4) is 17.2 Å². The van der Waals surface area contributed by atoms with E-state index < -0.39 is 16.8 Å². The molecule has 0 radical (unpaired) electrons. The summed E-state index contributed by atoms with van der Waals surface area (Å²) in [6.07, 6.45) is 1.54. The number of halogens is 1. The molecule has 0 N–H and O–H groups in total. The number of nitro benzene ring substituents is 1. The van der Waals surface area contributed by atoms with Gasteiger partial charge in [-0.1, -0.05) is 11.6 Å². The van der Waals surface area contributed by atoms with Gasteiger partial charge in [-0.2, -0.15) is 0 Å². The summed E-state index contributed by atoms with van der Waals surface area (Å²) >= 11 is 12.1. The Morgan fingerprint density at radius 3 is 2.32 bits per heavy atom. The molecular formula is C28H24ClN3O8S. The molecule has 1 heterocycles. The fourth-order valence-corrected chi connectivity index (χ4v) is 4.60. The van der Waals surface area contributed by atoms with Crippen LogP contribution in [-0.2, 0) is 20.9 Å². The van der Waals surface area contributed by atoms with E-state index in [4.69, 9.17) is 42.8 Å². The number of carbonyl (C=O) groups excluding carboxylic acids is 2. The Balaban J connectivity index is 1.65. The van der Waals surface area contributed by atoms with Crippen molar-refractivity contribution < 1.29 is 33.5 Å². The SMILES string of the molecule is COC(=O)CN1C(=S)N(c2ccc(OC)cc2)C(=O)/C1=C/c1cc(Cl)c(OCc2ccc([N+](=O)[O-])cc2)c(OC)c1. The largest absolute Gasteiger partial charge is 0.497 e. The quantitative estimate of drug-likeness (QED) is 0.104. The third-order valence-electron chi connectivity index (χ3n) is 6.07. The summed E-state index contributed by atoms with van der Waals surface area (Å²) in [4.78, 5) is 38.9. The van der Waals surface area contributed by atoms with Crippen molar-refractivity contribution in [2.75, 3.05) is 32.8 Å². The highest BCUT2D eigenvalue weighted by Gasteiger charge is 2.40. The molecule has 0 atom stereocenters. The first-order chi connectivity index (χ1) is 19.7. The summed E-state index contributed by atoms with van der Waals surface area (Å²) in [5, 5.41) is 11.2. The molecule has 0 saturated carbocycles. The Morgan fingerprint density at radius 2 is 1.73 bits per heavy atom. The average molecular weight is 598 g/mol. The van der Waals surface area contributed by atoms with Gasteiger partial charge in [0.1, 0.15) is 24.6 Å². The number of benzene rings is 3. The highest BCUT2D eigenvalue weighted by molar-refractivity contribution is 7.80. The van der Waals surface area contributed by atoms with Crippen LogP contribution in [-0.4, -0.2) is 54.7 Å². The normalized spacial score (nSPS) is 13.9. The van der Waals surface area contributed by atoms with Crippen LogP contribution in [0.3, 0.4) is 0 Å². The van der Waals surface area contributed by atoms with E-state index in [1.165, 1.54) is 49.3 Å². The minimum Gasteiger partial charge on any atom is -0.497 e. The molecule has 0 aliphatic carbocycles. The molecule has 1 aliphatic heterocycles. The first kappa shape index (κ1) is 29.3. The molecule has 4 rings (SSSR count). The van der Waals surface area contributed by atoms with Crippen LogP contribution in [0.5, 0.6) is 17.2 Å². The van der Waals surface area contributed by atoms with Crippen LogP contribution < -0.4 is 19.1 Å². The predicted molar refractivity (Wildman–Crippen MR) is 155 cm³/mol. The second-order valence-corrected chi connectivity index (χ2v) is 9.33. The van der Waals surface area contributed by atoms with E-state index in [2.05, 4.69) is 0 Å². The summed E-state index contributed by atoms with van der Waals surface area (Å²) in [6, 6.07) is 15.9. The van der Waals surface area contributed by atoms with Gasteiger partial charge in [-0.15, -0.1) is 0 Å². The molecule has 1 fully saturated rings. The molecule has 1 saturated heterocycles. The van der Waals surface area contributed by atoms with Crippen molar-refractivity contribution in [1.82, 2.24) is 4.90 Å². The van der Waals surface area contributed by atoms with Crippen molar-refractivity contribution in [2.24, 2.45) is 0 Å². The number of amides is 1. The van der Waals surface area contributed by atoms with E-state index in [1.807, 2.05) is 0 Å². The monoisotopic (exact) mass is 597 g/mol. The minimum atomic E-state index is -0.590. The molecule has 1 amide bonds. The second kappa shape index (κ2) is 12.7. The van der Waals surface area contributed by atoms with Crippen LogP contribution in [0.4, 0.5) is 11.4 Å². The Hall–Kier alpha value is -4.68. The zero-order chi connectivity index (χ0) is 29.7. The molecule has 1 aliphatic rings. The number of hydrogen-bond donors (Lipinski definition) is 0. The maximum Gasteiger partial charge on any atom is 0.325 e. The number of thiocarbonyl (C=S) groups is 1. The zero-order valence-electron chi connectivity index (χ0n) is 22.2. The number of methoxy groups -OCH3 is 3. The summed E-state index contributed by atoms with van der Waals surface area (Å²) in [5.74, 6) is 0.0806. The van der Waals surface area contributed by atoms with Crippen LogP contribution in [0.1, 0.15) is 11.1 Å². The molecule has 0 spiro atoms. The number of nitro groups is 1. The van der Waals surface area contributed by atoms with E-state index in [-0.39, 0.29) is 46.2 Å². The van der Waals surface area contributed by atoms with Crippen LogP contribution in [0.25, 0.3) is 6.08 Å². The fourth-order valence-electron chi connectivity index (χ4n) is 3.98. The molecule has 3 aromatic carbocycles. The molecule has 41 heavy (non-hydrogen) atoms. The van der Waals surface area contributed by atoms with Gasteiger partial charge in [0.15, 0.2) is 16.6 Å². The molecule has 3 aromatic rings. The number of ether oxygens (including phenoxy) is 4. The van der Waals surface area contributed by atoms with Crippen LogP contribution in [0.15, 0.2) is 66.4 Å². The Labute approximate surface area is 245 Å². The maximum atomic E-state index is 13.6. The number of hydrogen-bond acceptors (Lipinski definition) is 9. The third-order valence-corrected chi connectivity index (χ3v) is 6.75. The first-order valence-corrected chi connectivity index (χ1v) is 12.8. The van der Waals surface area contributed by atoms with Gasteiger partial charge < -0.3 is 23.8 Å². The Morgan fingerprint density at radius 1 is 1.05 bits per heavy atom. The number of non-ortho nitro benzene ring substituents is 1. The molecular weight excluding hydrogens is 574 g/mol. The number of anilines is 1. The van der Waals surface area contributed by atoms with Crippen LogP contribution in [0.2, 0.25) is 5.02 Å². The molecule has 0 bridgehead atoms. The smallest absolute Gasteiger partial charge is 0.325 e. The van der Waals surface area contributed by atoms with Gasteiger partial charge in [0, 0.05) is 12.1 Å². The van der Waals surface area contributed by atoms with Gasteiger partial charge in [-0.25, -0.2) is 0 Å². The lowest BCUT2D eigenvalue weighted by molar-refractivity contribution is -0.384. The van der Waals surface area contributed by atoms with Crippen LogP contribution in [0, 0.1) is 10.1 Å². The van der Waals surface area contributed by atoms with E-state index in [0.717, 1.165) is 0 Å². The molecule has 0 aromatic heterocycles. The number of rotatable bonds is 10. The first-order valence-electron chi connectivity index (χ1n) is 12.0. The Kier molecular flexibility index (Phi) is 9.05. The average Bonchev–Trinajstić information content (AvgIpc) is 3.20. The number of nitrogens with zero attached hydrogens (tertiary/aromatic N) is 3. The highest BCUT2D eigenvalue weighted by atomic mass is 35.5. The van der Waals surface area contributed by atoms with Gasteiger partial charge in [-0.3, -0.25) is 24.6 Å². The molecule has 13 heteroatoms. The van der Waals surface area contributed by atoms with Gasteiger partial charge >= 0.3 is 5.97 Å². The highest BCUT2D eigenvalue weighted by Crippen LogP contribution is 2.38. The molecule has 212 valence electrons. The molecule has 0 unspecified atom stereocenters. The summed E-state index contributed by atoms with van der Waals surface area (Å²) in [7, 11) is 4.21. The maximum absolute atomic E-state index is 13.6. The van der Waals surface area contributed by atoms with E-state index in [1.54, 1.807) is 48.5 Å². The fraction of sp³-hybridized carbons (Fsp3) is 0.179. The van der Waals surface area contributed by atoms with Crippen molar-refractivity contribution in [3.05, 3.63) is 92.6 Å². The van der Waals surface area contributed by atoms with Crippen molar-refractivity contribution in [1.29, 1.82) is 0 Å². The number of carbonyl (C=O) groups is 2. The lowest BCUT2D eigenvalue weighted by Gasteiger charge is -2.19. The second-order valence-electron chi connectivity index (χ2n) is 8.56. The van der Waals surface area contributed by atoms with Gasteiger partial charge in [0.05, 0.1) is 37.0 Å². The summed E-state index contributed by atoms with van der Waals surface area (Å²) in [5.41, 5.74) is 1.74. The standard InChI is InChI=1S/C28H24ClN3O8S/c1-37-21-10-8-19(9-11-21)31-27(34)23(30(28(31)41)15-25(33)39-3)13-18-12-22(29)26(24(14-18)38-2)40-16-17-4-6-20(7-5-17)32(35)36/h4-14H,15-16H2,1-3H3/b23-13-. The minimum absolute atomic E-state index is 0.0329. The zero-order valence-corrected chi connectivity index (χ0v) is 23.7. The number of esters is 1. The van der Waals surface area contributed by atoms with Crippen LogP contribution >= 0.6 is 23.8 Å². The lowest BCUT2D eigenvalue weighted by atomic mass is 10.1. The Bertz CT molecular complexity index is 1530. The lowest BCUT2D eigenvalue weighted by Crippen LogP contribution is -2.35. The van der Waals surface area contributed by atoms with E-state index in [9.17, 15) is 19.7 Å². The van der Waals surface area contributed by atoms with E-state index in [0.29, 0.717) is 22.6 Å². The van der Waals surface area contributed by atoms with E-state index >= 15 is 0 Å². The topological polar surface area (TPSA) is 121 Å². The molecule has 11 nitrogen and oxygen atoms in total. The van der Waals surface area contributed by atoms with Gasteiger partial charge in [-0.05, 0) is 78.0 Å².